The molecule has 0 amide bonds. The van der Waals surface area contributed by atoms with Gasteiger partial charge in [0.2, 0.25) is 0 Å². The largest absolute Gasteiger partial charge is 0.489 e. The molecule has 0 aliphatic carbocycles. The van der Waals surface area contributed by atoms with E-state index >= 15 is 0 Å². The van der Waals surface area contributed by atoms with Crippen LogP contribution in [0.15, 0.2) is 46.9 Å². The number of methoxy groups -OCH3 is 1. The van der Waals surface area contributed by atoms with E-state index in [1.54, 1.807) is 7.11 Å². The minimum atomic E-state index is 0.456. The maximum atomic E-state index is 6.18. The minimum Gasteiger partial charge on any atom is -0.489 e. The van der Waals surface area contributed by atoms with Gasteiger partial charge in [0, 0.05) is 40.9 Å². The minimum absolute atomic E-state index is 0.456. The quantitative estimate of drug-likeness (QED) is 0.615. The third-order valence-electron chi connectivity index (χ3n) is 3.38. The van der Waals surface area contributed by atoms with Crippen molar-refractivity contribution in [1.29, 1.82) is 0 Å². The van der Waals surface area contributed by atoms with Crippen LogP contribution in [0.3, 0.4) is 0 Å². The van der Waals surface area contributed by atoms with Crippen LogP contribution < -0.4 is 10.1 Å². The molecule has 0 saturated carbocycles. The zero-order valence-electron chi connectivity index (χ0n) is 13.1. The molecule has 2 aromatic carbocycles. The second kappa shape index (κ2) is 9.93. The number of hydrogen-bond acceptors (Lipinski definition) is 3. The van der Waals surface area contributed by atoms with E-state index in [1.807, 2.05) is 36.4 Å². The van der Waals surface area contributed by atoms with Crippen LogP contribution in [0.4, 0.5) is 0 Å². The molecule has 2 aromatic rings. The Bertz CT molecular complexity index is 622. The molecule has 0 bridgehead atoms. The predicted octanol–water partition coefficient (Wildman–Crippen LogP) is 4.81. The topological polar surface area (TPSA) is 30.5 Å². The molecule has 0 aliphatic rings. The Morgan fingerprint density at radius 3 is 2.74 bits per heavy atom. The Labute approximate surface area is 151 Å². The van der Waals surface area contributed by atoms with Gasteiger partial charge in [-0.1, -0.05) is 45.7 Å². The average Bonchev–Trinajstić information content (AvgIpc) is 2.55. The molecule has 23 heavy (non-hydrogen) atoms. The SMILES string of the molecule is COCCCNCc1cc(Br)ccc1OCc1ccccc1Cl. The van der Waals surface area contributed by atoms with Crippen LogP contribution in [0.25, 0.3) is 0 Å². The van der Waals surface area contributed by atoms with Gasteiger partial charge in [-0.2, -0.15) is 0 Å². The van der Waals surface area contributed by atoms with Crippen molar-refractivity contribution in [3.63, 3.8) is 0 Å². The van der Waals surface area contributed by atoms with E-state index in [0.29, 0.717) is 6.61 Å². The summed E-state index contributed by atoms with van der Waals surface area (Å²) in [7, 11) is 1.72. The standard InChI is InChI=1S/C18H21BrClNO2/c1-22-10-4-9-21-12-15-11-16(19)7-8-18(15)23-13-14-5-2-3-6-17(14)20/h2-3,5-8,11,21H,4,9-10,12-13H2,1H3. The summed E-state index contributed by atoms with van der Waals surface area (Å²) in [5, 5.41) is 4.13. The highest BCUT2D eigenvalue weighted by Crippen LogP contribution is 2.25. The van der Waals surface area contributed by atoms with E-state index in [0.717, 1.165) is 52.5 Å². The molecular formula is C18H21BrClNO2. The first-order chi connectivity index (χ1) is 11.2. The van der Waals surface area contributed by atoms with Gasteiger partial charge in [0.25, 0.3) is 0 Å². The smallest absolute Gasteiger partial charge is 0.124 e. The van der Waals surface area contributed by atoms with Crippen LogP contribution in [0.2, 0.25) is 5.02 Å². The predicted molar refractivity (Wildman–Crippen MR) is 98.1 cm³/mol. The molecule has 0 unspecified atom stereocenters. The van der Waals surface area contributed by atoms with Crippen LogP contribution in [-0.4, -0.2) is 20.3 Å². The Hall–Kier alpha value is -1.07. The molecule has 5 heteroatoms. The van der Waals surface area contributed by atoms with Gasteiger partial charge in [-0.15, -0.1) is 0 Å². The van der Waals surface area contributed by atoms with E-state index in [-0.39, 0.29) is 0 Å². The van der Waals surface area contributed by atoms with Crippen molar-refractivity contribution in [2.75, 3.05) is 20.3 Å². The monoisotopic (exact) mass is 397 g/mol. The molecule has 0 spiro atoms. The van der Waals surface area contributed by atoms with Gasteiger partial charge in [-0.3, -0.25) is 0 Å². The van der Waals surface area contributed by atoms with Crippen molar-refractivity contribution in [3.05, 3.63) is 63.1 Å². The van der Waals surface area contributed by atoms with Crippen LogP contribution in [0.1, 0.15) is 17.5 Å². The fraction of sp³-hybridized carbons (Fsp3) is 0.333. The number of halogens is 2. The number of ether oxygens (including phenoxy) is 2. The first-order valence-corrected chi connectivity index (χ1v) is 8.72. The maximum Gasteiger partial charge on any atom is 0.124 e. The summed E-state index contributed by atoms with van der Waals surface area (Å²) in [6.07, 6.45) is 0.986. The molecule has 2 rings (SSSR count). The normalized spacial score (nSPS) is 10.7. The van der Waals surface area contributed by atoms with Gasteiger partial charge in [0.1, 0.15) is 12.4 Å². The zero-order valence-corrected chi connectivity index (χ0v) is 15.5. The summed E-state index contributed by atoms with van der Waals surface area (Å²) in [6.45, 7) is 2.88. The fourth-order valence-electron chi connectivity index (χ4n) is 2.16. The van der Waals surface area contributed by atoms with Gasteiger partial charge >= 0.3 is 0 Å². The van der Waals surface area contributed by atoms with Crippen molar-refractivity contribution in [2.24, 2.45) is 0 Å². The summed E-state index contributed by atoms with van der Waals surface area (Å²) in [6, 6.07) is 13.8. The lowest BCUT2D eigenvalue weighted by Gasteiger charge is -2.13. The first-order valence-electron chi connectivity index (χ1n) is 7.55. The van der Waals surface area contributed by atoms with E-state index in [2.05, 4.69) is 27.3 Å². The number of nitrogens with one attached hydrogen (secondary N) is 1. The van der Waals surface area contributed by atoms with Gasteiger partial charge in [-0.05, 0) is 37.2 Å². The van der Waals surface area contributed by atoms with Crippen molar-refractivity contribution in [1.82, 2.24) is 5.32 Å². The maximum absolute atomic E-state index is 6.18. The Kier molecular flexibility index (Phi) is 7.89. The van der Waals surface area contributed by atoms with Gasteiger partial charge in [0.05, 0.1) is 0 Å². The molecule has 0 aromatic heterocycles. The van der Waals surface area contributed by atoms with Crippen LogP contribution >= 0.6 is 27.5 Å². The van der Waals surface area contributed by atoms with E-state index < -0.39 is 0 Å². The molecule has 0 radical (unpaired) electrons. The molecule has 0 fully saturated rings. The zero-order chi connectivity index (χ0) is 16.5. The van der Waals surface area contributed by atoms with E-state index in [9.17, 15) is 0 Å². The van der Waals surface area contributed by atoms with Crippen molar-refractivity contribution >= 4 is 27.5 Å². The molecule has 0 atom stereocenters. The molecule has 0 aliphatic heterocycles. The second-order valence-electron chi connectivity index (χ2n) is 5.16. The van der Waals surface area contributed by atoms with Gasteiger partial charge in [0.15, 0.2) is 0 Å². The highest BCUT2D eigenvalue weighted by atomic mass is 79.9. The molecule has 3 nitrogen and oxygen atoms in total. The summed E-state index contributed by atoms with van der Waals surface area (Å²) in [4.78, 5) is 0. The third kappa shape index (κ3) is 6.15. The molecule has 1 N–H and O–H groups in total. The van der Waals surface area contributed by atoms with Crippen molar-refractivity contribution in [2.45, 2.75) is 19.6 Å². The average molecular weight is 399 g/mol. The van der Waals surface area contributed by atoms with Crippen LogP contribution in [0.5, 0.6) is 5.75 Å². The van der Waals surface area contributed by atoms with Crippen LogP contribution in [0, 0.1) is 0 Å². The van der Waals surface area contributed by atoms with Crippen molar-refractivity contribution < 1.29 is 9.47 Å². The lowest BCUT2D eigenvalue weighted by molar-refractivity contribution is 0.194. The summed E-state index contributed by atoms with van der Waals surface area (Å²) in [5.41, 5.74) is 2.10. The lowest BCUT2D eigenvalue weighted by Crippen LogP contribution is -2.16. The number of benzene rings is 2. The first kappa shape index (κ1) is 18.3. The van der Waals surface area contributed by atoms with Gasteiger partial charge in [-0.25, -0.2) is 0 Å². The highest BCUT2D eigenvalue weighted by Gasteiger charge is 2.06. The fourth-order valence-corrected chi connectivity index (χ4v) is 2.76. The Morgan fingerprint density at radius 1 is 1.13 bits per heavy atom. The lowest BCUT2D eigenvalue weighted by atomic mass is 10.2. The molecule has 0 heterocycles. The summed E-state index contributed by atoms with van der Waals surface area (Å²) < 4.78 is 12.1. The third-order valence-corrected chi connectivity index (χ3v) is 4.24. The van der Waals surface area contributed by atoms with E-state index in [4.69, 9.17) is 21.1 Å². The molecule has 124 valence electrons. The summed E-state index contributed by atoms with van der Waals surface area (Å²) >= 11 is 9.69. The summed E-state index contributed by atoms with van der Waals surface area (Å²) in [5.74, 6) is 0.868. The molecule has 0 saturated heterocycles. The Balaban J connectivity index is 1.96. The Morgan fingerprint density at radius 2 is 1.96 bits per heavy atom. The number of hydrogen-bond donors (Lipinski definition) is 1. The highest BCUT2D eigenvalue weighted by molar-refractivity contribution is 9.10. The van der Waals surface area contributed by atoms with Crippen molar-refractivity contribution in [3.8, 4) is 5.75 Å². The second-order valence-corrected chi connectivity index (χ2v) is 6.48. The number of rotatable bonds is 9. The molecular weight excluding hydrogens is 378 g/mol. The van der Waals surface area contributed by atoms with Gasteiger partial charge < -0.3 is 14.8 Å². The van der Waals surface area contributed by atoms with E-state index in [1.165, 1.54) is 0 Å². The van der Waals surface area contributed by atoms with Crippen LogP contribution in [-0.2, 0) is 17.9 Å².